The van der Waals surface area contributed by atoms with E-state index in [9.17, 15) is 0 Å². The van der Waals surface area contributed by atoms with Gasteiger partial charge >= 0.3 is 0 Å². The summed E-state index contributed by atoms with van der Waals surface area (Å²) in [6.45, 7) is 10.7. The van der Waals surface area contributed by atoms with Gasteiger partial charge in [-0.15, -0.1) is 0 Å². The topological polar surface area (TPSA) is 24.5 Å². The largest absolute Gasteiger partial charge is 0.494 e. The molecule has 1 aromatic carbocycles. The maximum Gasteiger partial charge on any atom is 0.119 e. The third-order valence-corrected chi connectivity index (χ3v) is 3.73. The zero-order valence-electron chi connectivity index (χ0n) is 13.5. The fraction of sp³-hybridized carbons (Fsp3) is 0.647. The quantitative estimate of drug-likeness (QED) is 0.709. The highest BCUT2D eigenvalue weighted by atomic mass is 16.5. The minimum Gasteiger partial charge on any atom is -0.494 e. The van der Waals surface area contributed by atoms with E-state index in [2.05, 4.69) is 55.3 Å². The van der Waals surface area contributed by atoms with Gasteiger partial charge < -0.3 is 15.0 Å². The maximum atomic E-state index is 5.63. The molecule has 1 aromatic rings. The molecule has 0 aliphatic rings. The predicted octanol–water partition coefficient (Wildman–Crippen LogP) is 3.47. The van der Waals surface area contributed by atoms with Crippen LogP contribution in [0.25, 0.3) is 0 Å². The van der Waals surface area contributed by atoms with Crippen LogP contribution in [0.15, 0.2) is 24.3 Å². The molecule has 1 atom stereocenters. The van der Waals surface area contributed by atoms with Gasteiger partial charge in [0.2, 0.25) is 0 Å². The highest BCUT2D eigenvalue weighted by molar-refractivity contribution is 5.29. The third kappa shape index (κ3) is 5.51. The van der Waals surface area contributed by atoms with E-state index in [4.69, 9.17) is 4.74 Å². The standard InChI is InChI=1S/C17H30N2O/c1-5-14-20-16-10-8-15(9-11-16)17(18-4)12-13-19(6-2)7-3/h8-11,17-18H,5-7,12-14H2,1-4H3. The van der Waals surface area contributed by atoms with Crippen molar-refractivity contribution in [3.8, 4) is 5.75 Å². The van der Waals surface area contributed by atoms with E-state index >= 15 is 0 Å². The molecule has 20 heavy (non-hydrogen) atoms. The summed E-state index contributed by atoms with van der Waals surface area (Å²) in [5, 5.41) is 3.42. The van der Waals surface area contributed by atoms with Gasteiger partial charge in [-0.25, -0.2) is 0 Å². The molecule has 0 aliphatic heterocycles. The van der Waals surface area contributed by atoms with Gasteiger partial charge in [0, 0.05) is 6.04 Å². The van der Waals surface area contributed by atoms with Gasteiger partial charge in [-0.2, -0.15) is 0 Å². The van der Waals surface area contributed by atoms with Gasteiger partial charge in [-0.3, -0.25) is 0 Å². The van der Waals surface area contributed by atoms with E-state index in [0.29, 0.717) is 6.04 Å². The van der Waals surface area contributed by atoms with Crippen LogP contribution in [0.2, 0.25) is 0 Å². The van der Waals surface area contributed by atoms with Crippen LogP contribution in [0.1, 0.15) is 45.2 Å². The monoisotopic (exact) mass is 278 g/mol. The Hall–Kier alpha value is -1.06. The van der Waals surface area contributed by atoms with Crippen molar-refractivity contribution in [2.24, 2.45) is 0 Å². The molecule has 0 bridgehead atoms. The molecule has 1 unspecified atom stereocenters. The second-order valence-corrected chi connectivity index (χ2v) is 5.07. The predicted molar refractivity (Wildman–Crippen MR) is 86.4 cm³/mol. The molecule has 0 saturated carbocycles. The molecule has 0 radical (unpaired) electrons. The average molecular weight is 278 g/mol. The molecule has 0 fully saturated rings. The first-order valence-electron chi connectivity index (χ1n) is 7.87. The Morgan fingerprint density at radius 3 is 2.25 bits per heavy atom. The van der Waals surface area contributed by atoms with Crippen molar-refractivity contribution in [3.05, 3.63) is 29.8 Å². The Morgan fingerprint density at radius 1 is 1.10 bits per heavy atom. The lowest BCUT2D eigenvalue weighted by Gasteiger charge is -2.23. The van der Waals surface area contributed by atoms with Crippen LogP contribution in [0, 0.1) is 0 Å². The van der Waals surface area contributed by atoms with Gasteiger partial charge in [0.1, 0.15) is 5.75 Å². The van der Waals surface area contributed by atoms with Crippen LogP contribution in [0.3, 0.4) is 0 Å². The minimum atomic E-state index is 0.413. The van der Waals surface area contributed by atoms with E-state index in [0.717, 1.165) is 44.8 Å². The van der Waals surface area contributed by atoms with Gasteiger partial charge in [0.05, 0.1) is 6.61 Å². The summed E-state index contributed by atoms with van der Waals surface area (Å²) in [6.07, 6.45) is 2.18. The molecule has 0 spiro atoms. The highest BCUT2D eigenvalue weighted by Gasteiger charge is 2.10. The number of benzene rings is 1. The van der Waals surface area contributed by atoms with E-state index in [1.54, 1.807) is 0 Å². The van der Waals surface area contributed by atoms with Crippen molar-refractivity contribution < 1.29 is 4.74 Å². The molecule has 0 saturated heterocycles. The molecule has 1 N–H and O–H groups in total. The van der Waals surface area contributed by atoms with Crippen molar-refractivity contribution >= 4 is 0 Å². The van der Waals surface area contributed by atoms with Crippen molar-refractivity contribution in [2.45, 2.75) is 39.7 Å². The third-order valence-electron chi connectivity index (χ3n) is 3.73. The van der Waals surface area contributed by atoms with Crippen molar-refractivity contribution in [2.75, 3.05) is 33.3 Å². The fourth-order valence-corrected chi connectivity index (χ4v) is 2.35. The first-order chi connectivity index (χ1) is 9.74. The second-order valence-electron chi connectivity index (χ2n) is 5.07. The lowest BCUT2D eigenvalue weighted by atomic mass is 10.0. The van der Waals surface area contributed by atoms with Crippen LogP contribution in [-0.4, -0.2) is 38.2 Å². The first-order valence-corrected chi connectivity index (χ1v) is 7.87. The smallest absolute Gasteiger partial charge is 0.119 e. The summed E-state index contributed by atoms with van der Waals surface area (Å²) in [7, 11) is 2.04. The molecule has 114 valence electrons. The van der Waals surface area contributed by atoms with Crippen LogP contribution < -0.4 is 10.1 Å². The first kappa shape index (κ1) is 17.0. The van der Waals surface area contributed by atoms with E-state index in [1.165, 1.54) is 5.56 Å². The number of nitrogens with one attached hydrogen (secondary N) is 1. The summed E-state index contributed by atoms with van der Waals surface area (Å²) < 4.78 is 5.63. The van der Waals surface area contributed by atoms with E-state index in [-0.39, 0.29) is 0 Å². The molecule has 1 rings (SSSR count). The minimum absolute atomic E-state index is 0.413. The number of hydrogen-bond acceptors (Lipinski definition) is 3. The van der Waals surface area contributed by atoms with Crippen LogP contribution in [0.5, 0.6) is 5.75 Å². The SMILES string of the molecule is CCCOc1ccc(C(CCN(CC)CC)NC)cc1. The van der Waals surface area contributed by atoms with Gasteiger partial charge in [0.25, 0.3) is 0 Å². The Morgan fingerprint density at radius 2 is 1.75 bits per heavy atom. The van der Waals surface area contributed by atoms with Crippen LogP contribution in [-0.2, 0) is 0 Å². The summed E-state index contributed by atoms with van der Waals surface area (Å²) >= 11 is 0. The van der Waals surface area contributed by atoms with Crippen molar-refractivity contribution in [1.82, 2.24) is 10.2 Å². The van der Waals surface area contributed by atoms with Gasteiger partial charge in [-0.1, -0.05) is 32.9 Å². The molecular formula is C17H30N2O. The molecule has 3 heteroatoms. The zero-order valence-corrected chi connectivity index (χ0v) is 13.5. The number of rotatable bonds is 10. The highest BCUT2D eigenvalue weighted by Crippen LogP contribution is 2.20. The Balaban J connectivity index is 2.56. The summed E-state index contributed by atoms with van der Waals surface area (Å²) in [6, 6.07) is 8.92. The maximum absolute atomic E-state index is 5.63. The number of ether oxygens (including phenoxy) is 1. The van der Waals surface area contributed by atoms with E-state index in [1.807, 2.05) is 7.05 Å². The summed E-state index contributed by atoms with van der Waals surface area (Å²) in [4.78, 5) is 2.46. The normalized spacial score (nSPS) is 12.7. The Bertz CT molecular complexity index is 347. The molecular weight excluding hydrogens is 248 g/mol. The molecule has 0 heterocycles. The fourth-order valence-electron chi connectivity index (χ4n) is 2.35. The van der Waals surface area contributed by atoms with Crippen LogP contribution >= 0.6 is 0 Å². The van der Waals surface area contributed by atoms with Crippen LogP contribution in [0.4, 0.5) is 0 Å². The number of hydrogen-bond donors (Lipinski definition) is 1. The summed E-state index contributed by atoms with van der Waals surface area (Å²) in [5.74, 6) is 0.967. The van der Waals surface area contributed by atoms with E-state index < -0.39 is 0 Å². The van der Waals surface area contributed by atoms with Gasteiger partial charge in [-0.05, 0) is 57.2 Å². The van der Waals surface area contributed by atoms with Crippen molar-refractivity contribution in [1.29, 1.82) is 0 Å². The molecule has 0 aromatic heterocycles. The van der Waals surface area contributed by atoms with Crippen molar-refractivity contribution in [3.63, 3.8) is 0 Å². The van der Waals surface area contributed by atoms with Gasteiger partial charge in [0.15, 0.2) is 0 Å². The summed E-state index contributed by atoms with van der Waals surface area (Å²) in [5.41, 5.74) is 1.34. The molecule has 0 aliphatic carbocycles. The lowest BCUT2D eigenvalue weighted by Crippen LogP contribution is -2.28. The second kappa shape index (κ2) is 9.78. The molecule has 3 nitrogen and oxygen atoms in total. The number of nitrogens with zero attached hydrogens (tertiary/aromatic N) is 1. The lowest BCUT2D eigenvalue weighted by molar-refractivity contribution is 0.284. The Kier molecular flexibility index (Phi) is 8.31. The molecule has 0 amide bonds. The zero-order chi connectivity index (χ0) is 14.8. The average Bonchev–Trinajstić information content (AvgIpc) is 2.50. The Labute approximate surface area is 124 Å².